The van der Waals surface area contributed by atoms with Crippen molar-refractivity contribution < 1.29 is 26.3 Å². The van der Waals surface area contributed by atoms with Crippen molar-refractivity contribution in [3.05, 3.63) is 12.7 Å². The first-order valence-electron chi connectivity index (χ1n) is 4.66. The number of carbonyl (C=O) groups is 1. The Kier molecular flexibility index (Phi) is 8.06. The van der Waals surface area contributed by atoms with Gasteiger partial charge in [0.15, 0.2) is 0 Å². The number of hydrogen-bond acceptors (Lipinski definition) is 1. The molecule has 0 bridgehead atoms. The molecule has 0 rings (SSSR count). The van der Waals surface area contributed by atoms with Crippen LogP contribution in [0.4, 0.5) is 0 Å². The second kappa shape index (κ2) is 7.01. The van der Waals surface area contributed by atoms with Gasteiger partial charge in [0.05, 0.1) is 33.2 Å². The van der Waals surface area contributed by atoms with Crippen LogP contribution in [0.15, 0.2) is 12.7 Å². The van der Waals surface area contributed by atoms with Crippen molar-refractivity contribution in [2.75, 3.05) is 27.2 Å². The summed E-state index contributed by atoms with van der Waals surface area (Å²) in [6.07, 6.45) is 1.31. The third-order valence-electron chi connectivity index (χ3n) is 2.20. The molecule has 0 fully saturated rings. The van der Waals surface area contributed by atoms with Crippen LogP contribution in [-0.2, 0) is 4.79 Å². The number of amides is 1. The first-order chi connectivity index (χ1) is 5.91. The summed E-state index contributed by atoms with van der Waals surface area (Å²) in [6.45, 7) is 9.57. The maximum atomic E-state index is 11.0. The van der Waals surface area contributed by atoms with E-state index in [2.05, 4.69) is 32.9 Å². The molecule has 0 aromatic heterocycles. The lowest BCUT2D eigenvalue weighted by atomic mass is 10.3. The minimum Gasteiger partial charge on any atom is -1.00 e. The van der Waals surface area contributed by atoms with Crippen LogP contribution in [0, 0.1) is 0 Å². The van der Waals surface area contributed by atoms with Crippen LogP contribution >= 0.6 is 0 Å². The molecule has 84 valence electrons. The highest BCUT2D eigenvalue weighted by atomic mass is 79.9. The molecule has 1 unspecified atom stereocenters. The van der Waals surface area contributed by atoms with Crippen molar-refractivity contribution in [2.45, 2.75) is 19.9 Å². The first kappa shape index (κ1) is 16.1. The smallest absolute Gasteiger partial charge is 0.243 e. The van der Waals surface area contributed by atoms with Gasteiger partial charge in [0.25, 0.3) is 0 Å². The summed E-state index contributed by atoms with van der Waals surface area (Å²) in [4.78, 5) is 11.0. The molecule has 1 amide bonds. The molecule has 0 spiro atoms. The third-order valence-corrected chi connectivity index (χ3v) is 2.20. The molecule has 0 radical (unpaired) electrons. The van der Waals surface area contributed by atoms with Crippen LogP contribution in [0.2, 0.25) is 0 Å². The quantitative estimate of drug-likeness (QED) is 0.443. The van der Waals surface area contributed by atoms with Gasteiger partial charge in [-0.2, -0.15) is 0 Å². The number of quaternary nitrogens is 1. The van der Waals surface area contributed by atoms with E-state index in [0.29, 0.717) is 0 Å². The Bertz CT molecular complexity index is 193. The predicted octanol–water partition coefficient (Wildman–Crippen LogP) is -2.22. The fourth-order valence-electron chi connectivity index (χ4n) is 1.22. The van der Waals surface area contributed by atoms with Crippen LogP contribution < -0.4 is 22.3 Å². The number of halogens is 1. The third kappa shape index (κ3) is 7.09. The van der Waals surface area contributed by atoms with Crippen molar-refractivity contribution in [2.24, 2.45) is 0 Å². The van der Waals surface area contributed by atoms with Gasteiger partial charge in [0, 0.05) is 0 Å². The first-order valence-corrected chi connectivity index (χ1v) is 4.66. The van der Waals surface area contributed by atoms with E-state index in [4.69, 9.17) is 0 Å². The Hall–Kier alpha value is -0.350. The van der Waals surface area contributed by atoms with E-state index in [9.17, 15) is 4.79 Å². The monoisotopic (exact) mass is 264 g/mol. The molecule has 0 saturated carbocycles. The molecule has 0 aliphatic heterocycles. The maximum absolute atomic E-state index is 11.0. The lowest BCUT2D eigenvalue weighted by molar-refractivity contribution is -0.889. The average molecular weight is 265 g/mol. The van der Waals surface area contributed by atoms with Crippen LogP contribution in [0.25, 0.3) is 0 Å². The minimum atomic E-state index is -0.0939. The van der Waals surface area contributed by atoms with Gasteiger partial charge >= 0.3 is 0 Å². The van der Waals surface area contributed by atoms with Gasteiger partial charge in [-0.3, -0.25) is 4.79 Å². The van der Waals surface area contributed by atoms with Crippen molar-refractivity contribution in [1.82, 2.24) is 5.32 Å². The Morgan fingerprint density at radius 3 is 2.43 bits per heavy atom. The van der Waals surface area contributed by atoms with Crippen LogP contribution in [0.3, 0.4) is 0 Å². The molecule has 0 heterocycles. The van der Waals surface area contributed by atoms with E-state index in [0.717, 1.165) is 17.6 Å². The molecule has 4 heteroatoms. The van der Waals surface area contributed by atoms with Gasteiger partial charge in [-0.05, 0) is 19.9 Å². The second-order valence-corrected chi connectivity index (χ2v) is 4.05. The SMILES string of the molecule is C=CC(=O)NC(C)C[N+](C)(C)CC.[Br-]. The van der Waals surface area contributed by atoms with E-state index in [1.807, 2.05) is 6.92 Å². The second-order valence-electron chi connectivity index (χ2n) is 4.05. The topological polar surface area (TPSA) is 29.1 Å². The summed E-state index contributed by atoms with van der Waals surface area (Å²) in [7, 11) is 4.30. The summed E-state index contributed by atoms with van der Waals surface area (Å²) in [5.41, 5.74) is 0. The number of likely N-dealkylation sites (N-methyl/N-ethyl adjacent to an activating group) is 1. The highest BCUT2D eigenvalue weighted by Crippen LogP contribution is 1.98. The van der Waals surface area contributed by atoms with E-state index in [1.54, 1.807) is 0 Å². The van der Waals surface area contributed by atoms with Crippen molar-refractivity contribution in [3.8, 4) is 0 Å². The molecule has 1 atom stereocenters. The fraction of sp³-hybridized carbons (Fsp3) is 0.700. The largest absolute Gasteiger partial charge is 1.00 e. The van der Waals surface area contributed by atoms with E-state index < -0.39 is 0 Å². The van der Waals surface area contributed by atoms with Gasteiger partial charge in [0.1, 0.15) is 0 Å². The number of hydrogen-bond donors (Lipinski definition) is 1. The fourth-order valence-corrected chi connectivity index (χ4v) is 1.22. The number of nitrogens with one attached hydrogen (secondary N) is 1. The number of rotatable bonds is 5. The molecule has 0 aliphatic carbocycles. The summed E-state index contributed by atoms with van der Waals surface area (Å²) in [5.74, 6) is -0.0939. The van der Waals surface area contributed by atoms with E-state index in [1.165, 1.54) is 6.08 Å². The van der Waals surface area contributed by atoms with Gasteiger partial charge < -0.3 is 26.8 Å². The summed E-state index contributed by atoms with van der Waals surface area (Å²) < 4.78 is 0.915. The molecule has 0 saturated heterocycles. The van der Waals surface area contributed by atoms with Gasteiger partial charge in [-0.25, -0.2) is 0 Å². The molecule has 3 nitrogen and oxygen atoms in total. The molecular weight excluding hydrogens is 244 g/mol. The lowest BCUT2D eigenvalue weighted by Gasteiger charge is -2.31. The zero-order valence-electron chi connectivity index (χ0n) is 9.51. The zero-order valence-corrected chi connectivity index (χ0v) is 11.1. The van der Waals surface area contributed by atoms with Crippen molar-refractivity contribution in [3.63, 3.8) is 0 Å². The van der Waals surface area contributed by atoms with Gasteiger partial charge in [-0.15, -0.1) is 0 Å². The highest BCUT2D eigenvalue weighted by Gasteiger charge is 2.17. The van der Waals surface area contributed by atoms with Crippen LogP contribution in [-0.4, -0.2) is 43.6 Å². The van der Waals surface area contributed by atoms with Gasteiger partial charge in [-0.1, -0.05) is 6.58 Å². The highest BCUT2D eigenvalue weighted by molar-refractivity contribution is 5.87. The lowest BCUT2D eigenvalue weighted by Crippen LogP contribution is -3.00. The summed E-state index contributed by atoms with van der Waals surface area (Å²) >= 11 is 0. The number of carbonyl (C=O) groups excluding carboxylic acids is 1. The van der Waals surface area contributed by atoms with Crippen LogP contribution in [0.1, 0.15) is 13.8 Å². The summed E-state index contributed by atoms with van der Waals surface area (Å²) in [5, 5.41) is 2.85. The van der Waals surface area contributed by atoms with Crippen LogP contribution in [0.5, 0.6) is 0 Å². The van der Waals surface area contributed by atoms with Crippen molar-refractivity contribution >= 4 is 5.91 Å². The zero-order chi connectivity index (χ0) is 10.5. The van der Waals surface area contributed by atoms with Crippen molar-refractivity contribution in [1.29, 1.82) is 0 Å². The Morgan fingerprint density at radius 2 is 2.07 bits per heavy atom. The molecule has 14 heavy (non-hydrogen) atoms. The minimum absolute atomic E-state index is 0. The summed E-state index contributed by atoms with van der Waals surface area (Å²) in [6, 6.07) is 0.195. The number of nitrogens with zero attached hydrogens (tertiary/aromatic N) is 1. The van der Waals surface area contributed by atoms with E-state index in [-0.39, 0.29) is 28.9 Å². The molecule has 1 N–H and O–H groups in total. The average Bonchev–Trinajstić information content (AvgIpc) is 2.03. The van der Waals surface area contributed by atoms with E-state index >= 15 is 0 Å². The Labute approximate surface area is 97.5 Å². The Morgan fingerprint density at radius 1 is 1.57 bits per heavy atom. The maximum Gasteiger partial charge on any atom is 0.243 e. The van der Waals surface area contributed by atoms with Gasteiger partial charge in [0.2, 0.25) is 5.91 Å². The molecule has 0 aromatic rings. The molecule has 0 aromatic carbocycles. The predicted molar refractivity (Wildman–Crippen MR) is 55.3 cm³/mol. The standard InChI is InChI=1S/C10H20N2O.BrH/c1-6-10(13)11-9(3)8-12(4,5)7-2;/h6,9H,1,7-8H2,2-5H3;1H. The molecular formula is C10H21BrN2O. The Balaban J connectivity index is 0. The molecule has 0 aliphatic rings. The normalized spacial score (nSPS) is 12.6.